The Bertz CT molecular complexity index is 467. The predicted molar refractivity (Wildman–Crippen MR) is 71.1 cm³/mol. The lowest BCUT2D eigenvalue weighted by atomic mass is 9.96. The molecule has 1 aliphatic rings. The van der Waals surface area contributed by atoms with Gasteiger partial charge in [0, 0.05) is 0 Å². The Balaban J connectivity index is 2.06. The number of hydrogen-bond donors (Lipinski definition) is 1. The third kappa shape index (κ3) is 2.31. The summed E-state index contributed by atoms with van der Waals surface area (Å²) in [6.45, 7) is 6.23. The van der Waals surface area contributed by atoms with Crippen molar-refractivity contribution in [2.75, 3.05) is 6.61 Å². The molecule has 0 spiro atoms. The van der Waals surface area contributed by atoms with E-state index in [0.29, 0.717) is 6.61 Å². The first-order chi connectivity index (χ1) is 8.54. The van der Waals surface area contributed by atoms with E-state index in [-0.39, 0.29) is 11.9 Å². The summed E-state index contributed by atoms with van der Waals surface area (Å²) in [4.78, 5) is 12.3. The monoisotopic (exact) mass is 245 g/mol. The second kappa shape index (κ2) is 4.94. The van der Waals surface area contributed by atoms with E-state index in [1.165, 1.54) is 0 Å². The van der Waals surface area contributed by atoms with Crippen LogP contribution in [0.5, 0.6) is 0 Å². The van der Waals surface area contributed by atoms with E-state index < -0.39 is 5.60 Å². The number of hydrogen-bond acceptors (Lipinski definition) is 2. The van der Waals surface area contributed by atoms with Gasteiger partial charge in [-0.15, -0.1) is 0 Å². The van der Waals surface area contributed by atoms with E-state index in [4.69, 9.17) is 4.74 Å². The van der Waals surface area contributed by atoms with Gasteiger partial charge in [0.25, 0.3) is 5.91 Å². The summed E-state index contributed by atoms with van der Waals surface area (Å²) in [5.41, 5.74) is 1.25. The Kier molecular flexibility index (Phi) is 3.53. The van der Waals surface area contributed by atoms with Gasteiger partial charge in [0.05, 0.1) is 12.6 Å². The molecule has 1 N–H and O–H groups in total. The molecule has 3 heteroatoms. The fourth-order valence-electron chi connectivity index (χ4n) is 2.05. The summed E-state index contributed by atoms with van der Waals surface area (Å²) in [6, 6.07) is 9.89. The molecule has 0 unspecified atom stereocenters. The number of benzene rings is 1. The van der Waals surface area contributed by atoms with Crippen molar-refractivity contribution in [1.29, 1.82) is 0 Å². The molecule has 0 radical (unpaired) electrons. The average Bonchev–Trinajstić information content (AvgIpc) is 2.72. The second-order valence-electron chi connectivity index (χ2n) is 4.84. The van der Waals surface area contributed by atoms with Crippen molar-refractivity contribution in [3.05, 3.63) is 47.5 Å². The van der Waals surface area contributed by atoms with Gasteiger partial charge < -0.3 is 10.1 Å². The van der Waals surface area contributed by atoms with Crippen molar-refractivity contribution in [2.45, 2.75) is 32.4 Å². The Labute approximate surface area is 108 Å². The van der Waals surface area contributed by atoms with Crippen molar-refractivity contribution in [1.82, 2.24) is 5.32 Å². The van der Waals surface area contributed by atoms with Crippen molar-refractivity contribution in [2.24, 2.45) is 0 Å². The SMILES string of the molecule is CC1=CCO[C@]1(C)C(=O)N[C@H](C)c1ccccc1. The van der Waals surface area contributed by atoms with Crippen LogP contribution in [0.25, 0.3) is 0 Å². The minimum Gasteiger partial charge on any atom is -0.357 e. The Morgan fingerprint density at radius 2 is 2.06 bits per heavy atom. The lowest BCUT2D eigenvalue weighted by molar-refractivity contribution is -0.138. The molecule has 2 rings (SSSR count). The van der Waals surface area contributed by atoms with Gasteiger partial charge >= 0.3 is 0 Å². The van der Waals surface area contributed by atoms with Crippen LogP contribution in [0.4, 0.5) is 0 Å². The molecule has 0 aromatic heterocycles. The molecule has 0 saturated heterocycles. The molecule has 96 valence electrons. The topological polar surface area (TPSA) is 38.3 Å². The van der Waals surface area contributed by atoms with Gasteiger partial charge in [-0.2, -0.15) is 0 Å². The Morgan fingerprint density at radius 3 is 2.61 bits per heavy atom. The zero-order valence-corrected chi connectivity index (χ0v) is 11.1. The van der Waals surface area contributed by atoms with E-state index >= 15 is 0 Å². The average molecular weight is 245 g/mol. The zero-order chi connectivity index (χ0) is 13.2. The first-order valence-electron chi connectivity index (χ1n) is 6.21. The number of ether oxygens (including phenoxy) is 1. The van der Waals surface area contributed by atoms with E-state index in [0.717, 1.165) is 11.1 Å². The Hall–Kier alpha value is -1.61. The number of carbonyl (C=O) groups excluding carboxylic acids is 1. The molecule has 1 heterocycles. The number of nitrogens with one attached hydrogen (secondary N) is 1. The lowest BCUT2D eigenvalue weighted by Gasteiger charge is -2.26. The van der Waals surface area contributed by atoms with E-state index in [1.807, 2.05) is 57.2 Å². The van der Waals surface area contributed by atoms with Crippen molar-refractivity contribution < 1.29 is 9.53 Å². The summed E-state index contributed by atoms with van der Waals surface area (Å²) in [5, 5.41) is 3.00. The van der Waals surface area contributed by atoms with Gasteiger partial charge in [0.2, 0.25) is 0 Å². The molecule has 0 bridgehead atoms. The third-order valence-corrected chi connectivity index (χ3v) is 3.59. The zero-order valence-electron chi connectivity index (χ0n) is 11.1. The fraction of sp³-hybridized carbons (Fsp3) is 0.400. The summed E-state index contributed by atoms with van der Waals surface area (Å²) in [6.07, 6.45) is 1.95. The largest absolute Gasteiger partial charge is 0.357 e. The maximum Gasteiger partial charge on any atom is 0.256 e. The van der Waals surface area contributed by atoms with Gasteiger partial charge in [0.1, 0.15) is 0 Å². The molecule has 2 atom stereocenters. The minimum absolute atomic E-state index is 0.0208. The number of rotatable bonds is 3. The van der Waals surface area contributed by atoms with Crippen LogP contribution in [0.1, 0.15) is 32.4 Å². The van der Waals surface area contributed by atoms with E-state index in [1.54, 1.807) is 0 Å². The number of carbonyl (C=O) groups is 1. The summed E-state index contributed by atoms with van der Waals surface area (Å²) in [7, 11) is 0. The van der Waals surface area contributed by atoms with Crippen LogP contribution in [0.15, 0.2) is 42.0 Å². The maximum absolute atomic E-state index is 12.3. The van der Waals surface area contributed by atoms with E-state index in [9.17, 15) is 4.79 Å². The predicted octanol–water partition coefficient (Wildman–Crippen LogP) is 2.60. The van der Waals surface area contributed by atoms with Crippen LogP contribution in [-0.2, 0) is 9.53 Å². The molecule has 18 heavy (non-hydrogen) atoms. The van der Waals surface area contributed by atoms with Gasteiger partial charge in [-0.1, -0.05) is 36.4 Å². The number of amides is 1. The lowest BCUT2D eigenvalue weighted by Crippen LogP contribution is -2.46. The molecule has 0 saturated carbocycles. The van der Waals surface area contributed by atoms with Crippen molar-refractivity contribution >= 4 is 5.91 Å². The van der Waals surface area contributed by atoms with Crippen LogP contribution < -0.4 is 5.32 Å². The molecule has 0 fully saturated rings. The highest BCUT2D eigenvalue weighted by Gasteiger charge is 2.39. The maximum atomic E-state index is 12.3. The van der Waals surface area contributed by atoms with Crippen molar-refractivity contribution in [3.63, 3.8) is 0 Å². The highest BCUT2D eigenvalue weighted by molar-refractivity contribution is 5.89. The second-order valence-corrected chi connectivity index (χ2v) is 4.84. The van der Waals surface area contributed by atoms with Crippen LogP contribution in [0, 0.1) is 0 Å². The van der Waals surface area contributed by atoms with Crippen LogP contribution >= 0.6 is 0 Å². The first-order valence-corrected chi connectivity index (χ1v) is 6.21. The van der Waals surface area contributed by atoms with Crippen LogP contribution in [0.3, 0.4) is 0 Å². The van der Waals surface area contributed by atoms with Gasteiger partial charge in [-0.05, 0) is 31.9 Å². The smallest absolute Gasteiger partial charge is 0.256 e. The molecular weight excluding hydrogens is 226 g/mol. The Morgan fingerprint density at radius 1 is 1.39 bits per heavy atom. The molecule has 1 amide bonds. The molecular formula is C15H19NO2. The quantitative estimate of drug-likeness (QED) is 0.831. The van der Waals surface area contributed by atoms with Crippen molar-refractivity contribution in [3.8, 4) is 0 Å². The molecule has 1 aliphatic heterocycles. The van der Waals surface area contributed by atoms with Crippen LogP contribution in [0.2, 0.25) is 0 Å². The standard InChI is InChI=1S/C15H19NO2/c1-11-9-10-18-15(11,3)14(17)16-12(2)13-7-5-4-6-8-13/h4-9,12H,10H2,1-3H3,(H,16,17)/t12-,15+/m1/s1. The summed E-state index contributed by atoms with van der Waals surface area (Å²) < 4.78 is 5.55. The summed E-state index contributed by atoms with van der Waals surface area (Å²) >= 11 is 0. The highest BCUT2D eigenvalue weighted by atomic mass is 16.5. The van der Waals surface area contributed by atoms with Crippen LogP contribution in [-0.4, -0.2) is 18.1 Å². The molecule has 0 aliphatic carbocycles. The minimum atomic E-state index is -0.816. The normalized spacial score (nSPS) is 24.5. The van der Waals surface area contributed by atoms with Gasteiger partial charge in [0.15, 0.2) is 5.60 Å². The third-order valence-electron chi connectivity index (χ3n) is 3.59. The summed E-state index contributed by atoms with van der Waals surface area (Å²) in [5.74, 6) is -0.0786. The van der Waals surface area contributed by atoms with Gasteiger partial charge in [-0.3, -0.25) is 4.79 Å². The molecule has 1 aromatic carbocycles. The highest BCUT2D eigenvalue weighted by Crippen LogP contribution is 2.27. The van der Waals surface area contributed by atoms with E-state index in [2.05, 4.69) is 5.32 Å². The first kappa shape index (κ1) is 12.8. The molecule has 1 aromatic rings. The molecule has 3 nitrogen and oxygen atoms in total. The van der Waals surface area contributed by atoms with Gasteiger partial charge in [-0.25, -0.2) is 0 Å². The fourth-order valence-corrected chi connectivity index (χ4v) is 2.05.